The monoisotopic (exact) mass is 240 g/mol. The average Bonchev–Trinajstić information content (AvgIpc) is 2.84. The molecule has 3 nitrogen and oxygen atoms in total. The van der Waals surface area contributed by atoms with Crippen molar-refractivity contribution in [3.8, 4) is 0 Å². The van der Waals surface area contributed by atoms with Gasteiger partial charge in [-0.15, -0.1) is 0 Å². The van der Waals surface area contributed by atoms with Gasteiger partial charge in [0, 0.05) is 19.1 Å². The Bertz CT molecular complexity index is 204. The minimum Gasteiger partial charge on any atom is -0.379 e. The standard InChI is InChI=1S/C14H28N2O/c1-2-13-4-5-14(12-13)15-6-3-7-16-8-10-17-11-9-16/h13-15H,2-12H2,1H3. The fourth-order valence-corrected chi connectivity index (χ4v) is 3.06. The number of ether oxygens (including phenoxy) is 1. The van der Waals surface area contributed by atoms with Crippen LogP contribution in [0.15, 0.2) is 0 Å². The minimum atomic E-state index is 0.810. The Morgan fingerprint density at radius 3 is 2.76 bits per heavy atom. The normalized spacial score (nSPS) is 30.9. The molecule has 0 aromatic rings. The van der Waals surface area contributed by atoms with Gasteiger partial charge in [0.05, 0.1) is 13.2 Å². The van der Waals surface area contributed by atoms with Gasteiger partial charge in [-0.3, -0.25) is 4.90 Å². The molecule has 2 rings (SSSR count). The van der Waals surface area contributed by atoms with Gasteiger partial charge in [-0.25, -0.2) is 0 Å². The average molecular weight is 240 g/mol. The van der Waals surface area contributed by atoms with Crippen LogP contribution in [0.3, 0.4) is 0 Å². The van der Waals surface area contributed by atoms with E-state index in [1.54, 1.807) is 0 Å². The van der Waals surface area contributed by atoms with Crippen LogP contribution in [0.4, 0.5) is 0 Å². The molecule has 17 heavy (non-hydrogen) atoms. The fraction of sp³-hybridized carbons (Fsp3) is 1.00. The lowest BCUT2D eigenvalue weighted by Crippen LogP contribution is -2.38. The molecule has 1 aliphatic carbocycles. The third-order valence-corrected chi connectivity index (χ3v) is 4.31. The van der Waals surface area contributed by atoms with Crippen molar-refractivity contribution in [2.24, 2.45) is 5.92 Å². The highest BCUT2D eigenvalue weighted by Crippen LogP contribution is 2.27. The van der Waals surface area contributed by atoms with E-state index >= 15 is 0 Å². The van der Waals surface area contributed by atoms with Crippen molar-refractivity contribution >= 4 is 0 Å². The molecule has 2 aliphatic rings. The number of rotatable bonds is 6. The Morgan fingerprint density at radius 2 is 2.06 bits per heavy atom. The molecule has 1 heterocycles. The first-order chi connectivity index (χ1) is 8.38. The highest BCUT2D eigenvalue weighted by Gasteiger charge is 2.22. The Balaban J connectivity index is 1.48. The quantitative estimate of drug-likeness (QED) is 0.717. The first-order valence-electron chi connectivity index (χ1n) is 7.42. The molecular formula is C14H28N2O. The molecule has 1 saturated heterocycles. The van der Waals surface area contributed by atoms with Gasteiger partial charge in [0.25, 0.3) is 0 Å². The van der Waals surface area contributed by atoms with E-state index in [0.717, 1.165) is 38.3 Å². The van der Waals surface area contributed by atoms with Crippen molar-refractivity contribution < 1.29 is 4.74 Å². The summed E-state index contributed by atoms with van der Waals surface area (Å²) in [6.07, 6.45) is 6.90. The lowest BCUT2D eigenvalue weighted by Gasteiger charge is -2.26. The van der Waals surface area contributed by atoms with Crippen LogP contribution in [0, 0.1) is 5.92 Å². The summed E-state index contributed by atoms with van der Waals surface area (Å²) in [5, 5.41) is 3.73. The van der Waals surface area contributed by atoms with Crippen LogP contribution in [0.25, 0.3) is 0 Å². The molecule has 2 atom stereocenters. The summed E-state index contributed by atoms with van der Waals surface area (Å²) in [6.45, 7) is 8.86. The lowest BCUT2D eigenvalue weighted by molar-refractivity contribution is 0.0374. The third kappa shape index (κ3) is 4.57. The SMILES string of the molecule is CCC1CCC(NCCCN2CCOCC2)C1. The van der Waals surface area contributed by atoms with Crippen molar-refractivity contribution in [1.82, 2.24) is 10.2 Å². The molecule has 100 valence electrons. The van der Waals surface area contributed by atoms with E-state index in [2.05, 4.69) is 17.1 Å². The Labute approximate surface area is 106 Å². The molecule has 2 unspecified atom stereocenters. The molecule has 0 aromatic heterocycles. The van der Waals surface area contributed by atoms with Crippen molar-refractivity contribution in [3.63, 3.8) is 0 Å². The molecule has 1 saturated carbocycles. The van der Waals surface area contributed by atoms with E-state index in [9.17, 15) is 0 Å². The predicted octanol–water partition coefficient (Wildman–Crippen LogP) is 1.88. The summed E-state index contributed by atoms with van der Waals surface area (Å²) in [6, 6.07) is 0.810. The van der Waals surface area contributed by atoms with Crippen LogP contribution in [-0.4, -0.2) is 50.3 Å². The maximum atomic E-state index is 5.35. The summed E-state index contributed by atoms with van der Waals surface area (Å²) >= 11 is 0. The van der Waals surface area contributed by atoms with Crippen LogP contribution in [-0.2, 0) is 4.74 Å². The molecule has 1 N–H and O–H groups in total. The van der Waals surface area contributed by atoms with Crippen molar-refractivity contribution in [3.05, 3.63) is 0 Å². The molecule has 0 amide bonds. The molecule has 0 radical (unpaired) electrons. The van der Waals surface area contributed by atoms with Gasteiger partial charge >= 0.3 is 0 Å². The molecule has 2 fully saturated rings. The van der Waals surface area contributed by atoms with Crippen LogP contribution in [0.2, 0.25) is 0 Å². The summed E-state index contributed by atoms with van der Waals surface area (Å²) in [5.41, 5.74) is 0. The Hall–Kier alpha value is -0.120. The number of hydrogen-bond donors (Lipinski definition) is 1. The van der Waals surface area contributed by atoms with E-state index < -0.39 is 0 Å². The van der Waals surface area contributed by atoms with Crippen molar-refractivity contribution in [1.29, 1.82) is 0 Å². The molecular weight excluding hydrogens is 212 g/mol. The molecule has 3 heteroatoms. The fourth-order valence-electron chi connectivity index (χ4n) is 3.06. The van der Waals surface area contributed by atoms with Gasteiger partial charge in [-0.2, -0.15) is 0 Å². The first-order valence-corrected chi connectivity index (χ1v) is 7.42. The zero-order chi connectivity index (χ0) is 11.9. The highest BCUT2D eigenvalue weighted by atomic mass is 16.5. The Kier molecular flexibility index (Phi) is 5.75. The second-order valence-corrected chi connectivity index (χ2v) is 5.55. The predicted molar refractivity (Wildman–Crippen MR) is 71.3 cm³/mol. The van der Waals surface area contributed by atoms with Gasteiger partial charge in [-0.1, -0.05) is 13.3 Å². The van der Waals surface area contributed by atoms with Crippen LogP contribution in [0.1, 0.15) is 39.0 Å². The van der Waals surface area contributed by atoms with Crippen molar-refractivity contribution in [2.45, 2.75) is 45.1 Å². The highest BCUT2D eigenvalue weighted by molar-refractivity contribution is 4.79. The molecule has 0 bridgehead atoms. The van der Waals surface area contributed by atoms with Gasteiger partial charge in [-0.05, 0) is 44.7 Å². The summed E-state index contributed by atoms with van der Waals surface area (Å²) in [4.78, 5) is 2.52. The second kappa shape index (κ2) is 7.34. The lowest BCUT2D eigenvalue weighted by atomic mass is 10.1. The topological polar surface area (TPSA) is 24.5 Å². The second-order valence-electron chi connectivity index (χ2n) is 5.55. The van der Waals surface area contributed by atoms with Gasteiger partial charge in [0.2, 0.25) is 0 Å². The number of hydrogen-bond acceptors (Lipinski definition) is 3. The zero-order valence-electron chi connectivity index (χ0n) is 11.3. The van der Waals surface area contributed by atoms with E-state index in [4.69, 9.17) is 4.74 Å². The first kappa shape index (κ1) is 13.3. The van der Waals surface area contributed by atoms with Crippen LogP contribution >= 0.6 is 0 Å². The van der Waals surface area contributed by atoms with Crippen molar-refractivity contribution in [2.75, 3.05) is 39.4 Å². The van der Waals surface area contributed by atoms with E-state index in [0.29, 0.717) is 0 Å². The van der Waals surface area contributed by atoms with E-state index in [-0.39, 0.29) is 0 Å². The Morgan fingerprint density at radius 1 is 1.24 bits per heavy atom. The number of nitrogens with zero attached hydrogens (tertiary/aromatic N) is 1. The number of nitrogens with one attached hydrogen (secondary N) is 1. The number of morpholine rings is 1. The third-order valence-electron chi connectivity index (χ3n) is 4.31. The smallest absolute Gasteiger partial charge is 0.0594 e. The minimum absolute atomic E-state index is 0.810. The zero-order valence-corrected chi connectivity index (χ0v) is 11.3. The van der Waals surface area contributed by atoms with Gasteiger partial charge in [0.15, 0.2) is 0 Å². The van der Waals surface area contributed by atoms with Gasteiger partial charge in [0.1, 0.15) is 0 Å². The van der Waals surface area contributed by atoms with Crippen LogP contribution < -0.4 is 5.32 Å². The van der Waals surface area contributed by atoms with E-state index in [1.807, 2.05) is 0 Å². The molecule has 0 spiro atoms. The summed E-state index contributed by atoms with van der Waals surface area (Å²) < 4.78 is 5.35. The summed E-state index contributed by atoms with van der Waals surface area (Å²) in [5.74, 6) is 0.992. The van der Waals surface area contributed by atoms with Crippen LogP contribution in [0.5, 0.6) is 0 Å². The molecule has 0 aromatic carbocycles. The largest absolute Gasteiger partial charge is 0.379 e. The summed E-state index contributed by atoms with van der Waals surface area (Å²) in [7, 11) is 0. The maximum absolute atomic E-state index is 5.35. The van der Waals surface area contributed by atoms with E-state index in [1.165, 1.54) is 45.2 Å². The molecule has 1 aliphatic heterocycles. The van der Waals surface area contributed by atoms with Gasteiger partial charge < -0.3 is 10.1 Å². The maximum Gasteiger partial charge on any atom is 0.0594 e.